The number of alkyl halides is 21. The van der Waals surface area contributed by atoms with Crippen molar-refractivity contribution in [3.8, 4) is 0 Å². The third-order valence-electron chi connectivity index (χ3n) is 3.57. The summed E-state index contributed by atoms with van der Waals surface area (Å²) < 4.78 is 280. The third-order valence-corrected chi connectivity index (χ3v) is 3.57. The number of carbonyl (C=O) groups is 1. The van der Waals surface area contributed by atoms with E-state index in [1.165, 1.54) is 4.74 Å². The van der Waals surface area contributed by atoms with Crippen molar-refractivity contribution >= 4 is 5.97 Å². The van der Waals surface area contributed by atoms with Gasteiger partial charge in [-0.2, -0.15) is 92.2 Å². The maximum Gasteiger partial charge on any atom is 0.462 e. The monoisotopic (exact) mass is 652 g/mol. The highest BCUT2D eigenvalue weighted by molar-refractivity contribution is 5.81. The molecule has 0 bridgehead atoms. The Balaban J connectivity index is 6.48. The molecule has 1 unspecified atom stereocenters. The van der Waals surface area contributed by atoms with Gasteiger partial charge in [0.05, 0.1) is 0 Å². The molecule has 238 valence electrons. The van der Waals surface area contributed by atoms with Gasteiger partial charge in [0.15, 0.2) is 6.61 Å². The van der Waals surface area contributed by atoms with Gasteiger partial charge in [0, 0.05) is 6.08 Å². The summed E-state index contributed by atoms with van der Waals surface area (Å²) in [4.78, 5) is 10.5. The number of esters is 1. The third kappa shape index (κ3) is 7.09. The van der Waals surface area contributed by atoms with Crippen LogP contribution < -0.4 is 0 Å². The van der Waals surface area contributed by atoms with E-state index in [1.54, 1.807) is 4.74 Å². The second kappa shape index (κ2) is 10.5. The Morgan fingerprint density at radius 2 is 0.900 bits per heavy atom. The summed E-state index contributed by atoms with van der Waals surface area (Å²) in [6.45, 7) is -0.530. The summed E-state index contributed by atoms with van der Waals surface area (Å²) in [5, 5.41) is 0. The van der Waals surface area contributed by atoms with E-state index in [4.69, 9.17) is 0 Å². The average Bonchev–Trinajstić information content (AvgIpc) is 2.67. The van der Waals surface area contributed by atoms with Crippen molar-refractivity contribution in [3.63, 3.8) is 0 Å². The summed E-state index contributed by atoms with van der Waals surface area (Å²) >= 11 is 0. The zero-order valence-corrected chi connectivity index (χ0v) is 17.5. The normalized spacial score (nSPS) is 16.9. The first-order valence-electron chi connectivity index (χ1n) is 8.44. The molecular weight excluding hydrogens is 647 g/mol. The van der Waals surface area contributed by atoms with E-state index in [0.29, 0.717) is 0 Å². The average molecular weight is 652 g/mol. The fourth-order valence-corrected chi connectivity index (χ4v) is 1.57. The Bertz CT molecular complexity index is 922. The highest BCUT2D eigenvalue weighted by atomic mass is 19.4. The molecule has 0 aromatic rings. The standard InChI is InChI=1S/C14H5F21O5/c1-2-4(36)37-3-5(15,16)10(26,27)39-13(32,33)14(34,35)40-12(30,31)7(19,9(23,24)25)38-11(28,29)6(17,18)8(20,21)22/h2H,1,3H2. The Kier molecular flexibility index (Phi) is 9.85. The molecule has 0 fully saturated rings. The molecule has 0 saturated carbocycles. The molecule has 0 rings (SSSR count). The van der Waals surface area contributed by atoms with Gasteiger partial charge in [-0.3, -0.25) is 4.74 Å². The van der Waals surface area contributed by atoms with Crippen LogP contribution in [0.25, 0.3) is 0 Å². The minimum Gasteiger partial charge on any atom is -0.456 e. The molecule has 0 saturated heterocycles. The van der Waals surface area contributed by atoms with E-state index in [-0.39, 0.29) is 6.08 Å². The number of hydrogen-bond acceptors (Lipinski definition) is 5. The van der Waals surface area contributed by atoms with Gasteiger partial charge in [-0.25, -0.2) is 14.3 Å². The van der Waals surface area contributed by atoms with Crippen LogP contribution in [0.3, 0.4) is 0 Å². The molecule has 0 heterocycles. The predicted octanol–water partition coefficient (Wildman–Crippen LogP) is 6.79. The SMILES string of the molecule is C=CC(=O)OCC(F)(F)C(F)(F)OC(F)(F)C(F)(F)OC(F)(F)C(F)(OC(F)(F)C(F)(F)C(F)(F)F)C(F)(F)F. The maximum atomic E-state index is 13.8. The molecule has 0 aliphatic carbocycles. The number of rotatable bonds is 13. The predicted molar refractivity (Wildman–Crippen MR) is 75.0 cm³/mol. The van der Waals surface area contributed by atoms with Crippen LogP contribution in [-0.2, 0) is 23.7 Å². The smallest absolute Gasteiger partial charge is 0.456 e. The lowest BCUT2D eigenvalue weighted by Gasteiger charge is -2.40. The lowest BCUT2D eigenvalue weighted by atomic mass is 10.2. The minimum atomic E-state index is -8.39. The number of carbonyl (C=O) groups excluding carboxylic acids is 1. The number of ether oxygens (including phenoxy) is 4. The zero-order chi connectivity index (χ0) is 32.8. The fraction of sp³-hybridized carbons (Fsp3) is 0.786. The molecule has 0 aromatic heterocycles. The maximum absolute atomic E-state index is 13.8. The Labute approximate surface area is 203 Å². The molecule has 0 aromatic carbocycles. The first kappa shape index (κ1) is 37.6. The van der Waals surface area contributed by atoms with E-state index >= 15 is 0 Å². The molecule has 1 atom stereocenters. The molecule has 5 nitrogen and oxygen atoms in total. The van der Waals surface area contributed by atoms with E-state index in [0.717, 1.165) is 4.74 Å². The molecule has 0 aliphatic rings. The largest absolute Gasteiger partial charge is 0.462 e. The van der Waals surface area contributed by atoms with Crippen LogP contribution in [0.15, 0.2) is 12.7 Å². The van der Waals surface area contributed by atoms with Gasteiger partial charge in [-0.05, 0) is 0 Å². The van der Waals surface area contributed by atoms with Gasteiger partial charge in [0.25, 0.3) is 0 Å². The van der Waals surface area contributed by atoms with E-state index in [9.17, 15) is 97.0 Å². The van der Waals surface area contributed by atoms with Crippen LogP contribution in [0.2, 0.25) is 0 Å². The first-order valence-corrected chi connectivity index (χ1v) is 8.44. The number of halogens is 21. The zero-order valence-electron chi connectivity index (χ0n) is 17.5. The first-order chi connectivity index (χ1) is 17.1. The van der Waals surface area contributed by atoms with Gasteiger partial charge in [0.1, 0.15) is 0 Å². The van der Waals surface area contributed by atoms with E-state index < -0.39 is 73.2 Å². The van der Waals surface area contributed by atoms with Gasteiger partial charge in [-0.15, -0.1) is 0 Å². The van der Waals surface area contributed by atoms with Crippen LogP contribution >= 0.6 is 0 Å². The lowest BCUT2D eigenvalue weighted by Crippen LogP contribution is -2.67. The molecule has 0 spiro atoms. The van der Waals surface area contributed by atoms with Crippen molar-refractivity contribution in [2.45, 2.75) is 60.6 Å². The van der Waals surface area contributed by atoms with Gasteiger partial charge in [0.2, 0.25) is 0 Å². The second-order valence-electron chi connectivity index (χ2n) is 6.57. The minimum absolute atomic E-state index is 0.0339. The van der Waals surface area contributed by atoms with Crippen LogP contribution in [0, 0.1) is 0 Å². The van der Waals surface area contributed by atoms with Crippen LogP contribution in [0.4, 0.5) is 92.2 Å². The van der Waals surface area contributed by atoms with Crippen molar-refractivity contribution in [2.24, 2.45) is 0 Å². The van der Waals surface area contributed by atoms with Crippen molar-refractivity contribution < 1.29 is 116 Å². The number of hydrogen-bond donors (Lipinski definition) is 0. The Morgan fingerprint density at radius 1 is 0.525 bits per heavy atom. The Hall–Kier alpha value is -2.38. The van der Waals surface area contributed by atoms with Gasteiger partial charge >= 0.3 is 66.6 Å². The van der Waals surface area contributed by atoms with Gasteiger partial charge in [-0.1, -0.05) is 6.58 Å². The van der Waals surface area contributed by atoms with Gasteiger partial charge < -0.3 is 4.74 Å². The highest BCUT2D eigenvalue weighted by Crippen LogP contribution is 2.57. The lowest BCUT2D eigenvalue weighted by molar-refractivity contribution is -0.577. The van der Waals surface area contributed by atoms with Crippen molar-refractivity contribution in [3.05, 3.63) is 12.7 Å². The van der Waals surface area contributed by atoms with E-state index in [2.05, 4.69) is 11.3 Å². The molecule has 26 heteroatoms. The van der Waals surface area contributed by atoms with Crippen LogP contribution in [0.1, 0.15) is 0 Å². The van der Waals surface area contributed by atoms with Crippen molar-refractivity contribution in [1.29, 1.82) is 0 Å². The van der Waals surface area contributed by atoms with Crippen LogP contribution in [-0.4, -0.2) is 73.2 Å². The topological polar surface area (TPSA) is 54.0 Å². The molecule has 0 N–H and O–H groups in total. The molecule has 0 amide bonds. The molecule has 0 radical (unpaired) electrons. The van der Waals surface area contributed by atoms with Crippen molar-refractivity contribution in [1.82, 2.24) is 0 Å². The highest BCUT2D eigenvalue weighted by Gasteiger charge is 2.85. The molecular formula is C14H5F21O5. The van der Waals surface area contributed by atoms with Crippen LogP contribution in [0.5, 0.6) is 0 Å². The second-order valence-corrected chi connectivity index (χ2v) is 6.57. The summed E-state index contributed by atoms with van der Waals surface area (Å²) in [6, 6.07) is 0. The van der Waals surface area contributed by atoms with E-state index in [1.807, 2.05) is 0 Å². The fourth-order valence-electron chi connectivity index (χ4n) is 1.57. The molecule has 40 heavy (non-hydrogen) atoms. The summed E-state index contributed by atoms with van der Waals surface area (Å²) in [6.07, 6.45) is -55.4. The Morgan fingerprint density at radius 3 is 1.23 bits per heavy atom. The summed E-state index contributed by atoms with van der Waals surface area (Å²) in [7, 11) is 0. The summed E-state index contributed by atoms with van der Waals surface area (Å²) in [5.41, 5.74) is 0. The molecule has 0 aliphatic heterocycles. The van der Waals surface area contributed by atoms with Crippen molar-refractivity contribution in [2.75, 3.05) is 6.61 Å². The quantitative estimate of drug-likeness (QED) is 0.125. The summed E-state index contributed by atoms with van der Waals surface area (Å²) in [5.74, 6) is -24.8.